The normalized spacial score (nSPS) is 10.3. The number of nitrogens with zero attached hydrogens (tertiary/aromatic N) is 1. The van der Waals surface area contributed by atoms with Gasteiger partial charge in [0.25, 0.3) is 11.8 Å². The fourth-order valence-corrected chi connectivity index (χ4v) is 2.95. The van der Waals surface area contributed by atoms with Crippen molar-refractivity contribution in [3.8, 4) is 0 Å². The number of hydrogen-bond donors (Lipinski definition) is 3. The minimum absolute atomic E-state index is 0.0121. The fraction of sp³-hybridized carbons (Fsp3) is 0.318. The van der Waals surface area contributed by atoms with E-state index in [1.165, 1.54) is 0 Å². The van der Waals surface area contributed by atoms with Gasteiger partial charge in [0.05, 0.1) is 17.8 Å². The van der Waals surface area contributed by atoms with Crippen molar-refractivity contribution in [2.24, 2.45) is 5.73 Å². The topological polar surface area (TPSA) is 105 Å². The van der Waals surface area contributed by atoms with E-state index in [0.29, 0.717) is 11.3 Å². The number of benzene rings is 2. The molecule has 0 aliphatic rings. The number of hydrogen-bond acceptors (Lipinski definition) is 4. The van der Waals surface area contributed by atoms with Crippen LogP contribution in [0.1, 0.15) is 47.4 Å². The molecule has 0 atom stereocenters. The van der Waals surface area contributed by atoms with E-state index in [2.05, 4.69) is 24.5 Å². The highest BCUT2D eigenvalue weighted by Gasteiger charge is 2.14. The largest absolute Gasteiger partial charge is 0.376 e. The zero-order chi connectivity index (χ0) is 21.2. The Kier molecular flexibility index (Phi) is 8.21. The predicted molar refractivity (Wildman–Crippen MR) is 115 cm³/mol. The quantitative estimate of drug-likeness (QED) is 0.574. The van der Waals surface area contributed by atoms with Gasteiger partial charge in [-0.2, -0.15) is 0 Å². The van der Waals surface area contributed by atoms with Crippen molar-refractivity contribution in [3.63, 3.8) is 0 Å². The van der Waals surface area contributed by atoms with Gasteiger partial charge >= 0.3 is 0 Å². The number of nitrogens with one attached hydrogen (secondary N) is 2. The van der Waals surface area contributed by atoms with Crippen molar-refractivity contribution in [1.82, 2.24) is 4.90 Å². The van der Waals surface area contributed by atoms with Crippen LogP contribution in [-0.2, 0) is 4.79 Å². The Bertz CT molecular complexity index is 843. The molecule has 2 aromatic carbocycles. The van der Waals surface area contributed by atoms with Crippen molar-refractivity contribution < 1.29 is 14.4 Å². The van der Waals surface area contributed by atoms with E-state index in [1.807, 2.05) is 4.90 Å². The molecule has 0 fully saturated rings. The Morgan fingerprint density at radius 2 is 1.55 bits per heavy atom. The third-order valence-electron chi connectivity index (χ3n) is 4.33. The molecular formula is C22H28N4O3. The van der Waals surface area contributed by atoms with E-state index in [4.69, 9.17) is 5.73 Å². The molecule has 29 heavy (non-hydrogen) atoms. The summed E-state index contributed by atoms with van der Waals surface area (Å²) in [5.74, 6) is -0.897. The number of carbonyl (C=O) groups is 3. The van der Waals surface area contributed by atoms with Gasteiger partial charge in [-0.3, -0.25) is 14.4 Å². The highest BCUT2D eigenvalue weighted by molar-refractivity contribution is 6.03. The first-order chi connectivity index (χ1) is 14.0. The highest BCUT2D eigenvalue weighted by Crippen LogP contribution is 2.15. The molecule has 0 radical (unpaired) electrons. The summed E-state index contributed by atoms with van der Waals surface area (Å²) in [6.45, 7) is 5.59. The molecule has 0 heterocycles. The van der Waals surface area contributed by atoms with Crippen molar-refractivity contribution in [3.05, 3.63) is 59.7 Å². The van der Waals surface area contributed by atoms with E-state index in [9.17, 15) is 14.4 Å². The summed E-state index contributed by atoms with van der Waals surface area (Å²) in [7, 11) is 0. The summed E-state index contributed by atoms with van der Waals surface area (Å²) in [6, 6.07) is 13.6. The lowest BCUT2D eigenvalue weighted by Crippen LogP contribution is -2.32. The zero-order valence-electron chi connectivity index (χ0n) is 16.9. The Hall–Kier alpha value is -3.35. The van der Waals surface area contributed by atoms with Crippen LogP contribution >= 0.6 is 0 Å². The molecule has 154 valence electrons. The molecule has 7 nitrogen and oxygen atoms in total. The first-order valence-corrected chi connectivity index (χ1v) is 9.78. The van der Waals surface area contributed by atoms with Gasteiger partial charge in [0.15, 0.2) is 0 Å². The van der Waals surface area contributed by atoms with E-state index >= 15 is 0 Å². The summed E-state index contributed by atoms with van der Waals surface area (Å²) in [5.41, 5.74) is 7.29. The second-order valence-electron chi connectivity index (χ2n) is 6.68. The summed E-state index contributed by atoms with van der Waals surface area (Å²) in [5, 5.41) is 5.68. The highest BCUT2D eigenvalue weighted by atomic mass is 16.2. The molecule has 0 spiro atoms. The zero-order valence-corrected chi connectivity index (χ0v) is 16.9. The van der Waals surface area contributed by atoms with Gasteiger partial charge in [-0.05, 0) is 49.2 Å². The Morgan fingerprint density at radius 1 is 0.931 bits per heavy atom. The van der Waals surface area contributed by atoms with Crippen LogP contribution in [0, 0.1) is 0 Å². The van der Waals surface area contributed by atoms with Gasteiger partial charge in [0.1, 0.15) is 0 Å². The van der Waals surface area contributed by atoms with Crippen LogP contribution in [-0.4, -0.2) is 42.3 Å². The molecule has 7 heteroatoms. The molecule has 2 aromatic rings. The fourth-order valence-electron chi connectivity index (χ4n) is 2.95. The number of para-hydroxylation sites is 1. The number of anilines is 2. The average Bonchev–Trinajstić information content (AvgIpc) is 2.72. The third kappa shape index (κ3) is 6.34. The van der Waals surface area contributed by atoms with Crippen molar-refractivity contribution in [1.29, 1.82) is 0 Å². The standard InChI is InChI=1S/C22H28N4O3/c1-3-13-26(14-4-2)22(29)16-9-11-17(12-10-16)24-15-20(27)25-19-8-6-5-7-18(19)21(23)28/h5-12,24H,3-4,13-15H2,1-2H3,(H2,23,28)(H,25,27). The molecule has 4 N–H and O–H groups in total. The number of rotatable bonds is 10. The van der Waals surface area contributed by atoms with E-state index in [-0.39, 0.29) is 23.9 Å². The van der Waals surface area contributed by atoms with Crippen molar-refractivity contribution >= 4 is 29.1 Å². The van der Waals surface area contributed by atoms with Crippen LogP contribution in [0.15, 0.2) is 48.5 Å². The molecule has 0 unspecified atom stereocenters. The van der Waals surface area contributed by atoms with Crippen LogP contribution in [0.4, 0.5) is 11.4 Å². The second-order valence-corrected chi connectivity index (χ2v) is 6.68. The molecule has 0 aliphatic carbocycles. The minimum atomic E-state index is -0.602. The molecule has 0 saturated heterocycles. The molecule has 0 saturated carbocycles. The Labute approximate surface area is 171 Å². The van der Waals surface area contributed by atoms with Crippen molar-refractivity contribution in [2.75, 3.05) is 30.3 Å². The number of carbonyl (C=O) groups excluding carboxylic acids is 3. The van der Waals surface area contributed by atoms with Gasteiger partial charge in [0, 0.05) is 24.3 Å². The van der Waals surface area contributed by atoms with Crippen LogP contribution in [0.3, 0.4) is 0 Å². The first kappa shape index (κ1) is 21.9. The minimum Gasteiger partial charge on any atom is -0.376 e. The molecule has 2 rings (SSSR count). The lowest BCUT2D eigenvalue weighted by atomic mass is 10.1. The summed E-state index contributed by atoms with van der Waals surface area (Å²) >= 11 is 0. The predicted octanol–water partition coefficient (Wildman–Crippen LogP) is 3.10. The summed E-state index contributed by atoms with van der Waals surface area (Å²) < 4.78 is 0. The Morgan fingerprint density at radius 3 is 2.14 bits per heavy atom. The maximum atomic E-state index is 12.6. The average molecular weight is 396 g/mol. The third-order valence-corrected chi connectivity index (χ3v) is 4.33. The van der Waals surface area contributed by atoms with Gasteiger partial charge in [-0.25, -0.2) is 0 Å². The number of primary amides is 1. The maximum absolute atomic E-state index is 12.6. The van der Waals surface area contributed by atoms with E-state index in [1.54, 1.807) is 48.5 Å². The van der Waals surface area contributed by atoms with Gasteiger partial charge in [0.2, 0.25) is 5.91 Å². The second kappa shape index (κ2) is 10.8. The van der Waals surface area contributed by atoms with E-state index < -0.39 is 5.91 Å². The van der Waals surface area contributed by atoms with Crippen LogP contribution in [0.5, 0.6) is 0 Å². The van der Waals surface area contributed by atoms with Crippen LogP contribution < -0.4 is 16.4 Å². The SMILES string of the molecule is CCCN(CCC)C(=O)c1ccc(NCC(=O)Nc2ccccc2C(N)=O)cc1. The summed E-state index contributed by atoms with van der Waals surface area (Å²) in [4.78, 5) is 38.1. The molecule has 0 aromatic heterocycles. The molecular weight excluding hydrogens is 368 g/mol. The number of amides is 3. The number of nitrogens with two attached hydrogens (primary N) is 1. The van der Waals surface area contributed by atoms with Gasteiger partial charge < -0.3 is 21.3 Å². The first-order valence-electron chi connectivity index (χ1n) is 9.78. The maximum Gasteiger partial charge on any atom is 0.253 e. The Balaban J connectivity index is 1.94. The van der Waals surface area contributed by atoms with Gasteiger partial charge in [-0.15, -0.1) is 0 Å². The lowest BCUT2D eigenvalue weighted by molar-refractivity contribution is -0.114. The van der Waals surface area contributed by atoms with Crippen LogP contribution in [0.2, 0.25) is 0 Å². The molecule has 0 bridgehead atoms. The molecule has 3 amide bonds. The smallest absolute Gasteiger partial charge is 0.253 e. The summed E-state index contributed by atoms with van der Waals surface area (Å²) in [6.07, 6.45) is 1.83. The monoisotopic (exact) mass is 396 g/mol. The van der Waals surface area contributed by atoms with Crippen LogP contribution in [0.25, 0.3) is 0 Å². The lowest BCUT2D eigenvalue weighted by Gasteiger charge is -2.21. The van der Waals surface area contributed by atoms with E-state index in [0.717, 1.165) is 31.6 Å². The van der Waals surface area contributed by atoms with Gasteiger partial charge in [-0.1, -0.05) is 26.0 Å². The molecule has 0 aliphatic heterocycles. The van der Waals surface area contributed by atoms with Crippen molar-refractivity contribution in [2.45, 2.75) is 26.7 Å².